The number of hydrogen-bond donors (Lipinski definition) is 1. The van der Waals surface area contributed by atoms with Gasteiger partial charge in [-0.1, -0.05) is 20.4 Å². The molecule has 0 rings (SSSR count). The number of esters is 1. The third-order valence-corrected chi connectivity index (χ3v) is 2.67. The topological polar surface area (TPSA) is 70.1 Å². The van der Waals surface area contributed by atoms with Gasteiger partial charge in [-0.05, 0) is 26.9 Å². The van der Waals surface area contributed by atoms with E-state index in [4.69, 9.17) is 9.84 Å². The van der Waals surface area contributed by atoms with Gasteiger partial charge in [0.1, 0.15) is 6.61 Å². The number of carbonyl (C=O) groups excluding carboxylic acids is 1. The van der Waals surface area contributed by atoms with Crippen molar-refractivity contribution in [2.24, 2.45) is 0 Å². The lowest BCUT2D eigenvalue weighted by atomic mass is 10.3. The second-order valence-corrected chi connectivity index (χ2v) is 5.02. The van der Waals surface area contributed by atoms with Gasteiger partial charge in [0.05, 0.1) is 0 Å². The first kappa shape index (κ1) is 22.5. The van der Waals surface area contributed by atoms with Crippen molar-refractivity contribution in [1.29, 1.82) is 0 Å². The molecule has 0 aliphatic heterocycles. The van der Waals surface area contributed by atoms with E-state index >= 15 is 0 Å². The van der Waals surface area contributed by atoms with E-state index in [0.29, 0.717) is 17.8 Å². The number of carbonyl (C=O) groups is 2. The average Bonchev–Trinajstić information content (AvgIpc) is 2.43. The van der Waals surface area contributed by atoms with E-state index in [-0.39, 0.29) is 5.97 Å². The van der Waals surface area contributed by atoms with Crippen LogP contribution in [0.3, 0.4) is 0 Å². The van der Waals surface area contributed by atoms with Gasteiger partial charge in [0.15, 0.2) is 0 Å². The van der Waals surface area contributed by atoms with E-state index in [0.717, 1.165) is 19.6 Å². The second-order valence-electron chi connectivity index (χ2n) is 5.02. The van der Waals surface area contributed by atoms with Gasteiger partial charge >= 0.3 is 11.9 Å². The maximum Gasteiger partial charge on any atom is 0.333 e. The quantitative estimate of drug-likeness (QED) is 0.546. The minimum absolute atomic E-state index is 0.299. The minimum Gasteiger partial charge on any atom is -0.478 e. The van der Waals surface area contributed by atoms with Crippen molar-refractivity contribution >= 4 is 11.9 Å². The smallest absolute Gasteiger partial charge is 0.333 e. The zero-order valence-corrected chi connectivity index (χ0v) is 14.7. The van der Waals surface area contributed by atoms with E-state index in [9.17, 15) is 9.59 Å². The Morgan fingerprint density at radius 2 is 1.68 bits per heavy atom. The van der Waals surface area contributed by atoms with Gasteiger partial charge in [-0.15, -0.1) is 0 Å². The molecule has 0 radical (unpaired) electrons. The molecule has 1 N–H and O–H groups in total. The first-order chi connectivity index (χ1) is 10.1. The molecule has 0 saturated heterocycles. The van der Waals surface area contributed by atoms with Gasteiger partial charge in [0.25, 0.3) is 0 Å². The minimum atomic E-state index is -0.872. The molecule has 6 nitrogen and oxygen atoms in total. The molecule has 0 aliphatic carbocycles. The number of rotatable bonds is 8. The molecule has 0 unspecified atom stereocenters. The summed E-state index contributed by atoms with van der Waals surface area (Å²) in [7, 11) is 3.57. The third-order valence-electron chi connectivity index (χ3n) is 2.67. The lowest BCUT2D eigenvalue weighted by molar-refractivity contribution is -0.139. The molecule has 6 heteroatoms. The monoisotopic (exact) mass is 314 g/mol. The Bertz CT molecular complexity index is 386. The fraction of sp³-hybridized carbons (Fsp3) is 0.625. The summed E-state index contributed by atoms with van der Waals surface area (Å²) in [4.78, 5) is 25.0. The number of aliphatic carboxylic acids is 1. The maximum absolute atomic E-state index is 11.0. The second kappa shape index (κ2) is 12.9. The summed E-state index contributed by atoms with van der Waals surface area (Å²) in [5.74, 6) is -1.17. The van der Waals surface area contributed by atoms with Crippen molar-refractivity contribution in [2.75, 3.05) is 40.3 Å². The average molecular weight is 314 g/mol. The first-order valence-corrected chi connectivity index (χ1v) is 7.28. The molecule has 0 heterocycles. The standard InChI is InChI=1S/C10H19NO2.C6H11NO2/c1-5-11(6-2)7-8-13-10(12)9(3)4;1-5(6(8)9)4-7(2)3/h3,5-8H2,1-2,4H3;4H,1-3H3,(H,8,9). The van der Waals surface area contributed by atoms with Crippen molar-refractivity contribution in [3.63, 3.8) is 0 Å². The summed E-state index contributed by atoms with van der Waals surface area (Å²) < 4.78 is 4.96. The normalized spacial score (nSPS) is 10.6. The largest absolute Gasteiger partial charge is 0.478 e. The predicted octanol–water partition coefficient (Wildman–Crippen LogP) is 1.98. The Labute approximate surface area is 134 Å². The molecular formula is C16H30N2O4. The summed E-state index contributed by atoms with van der Waals surface area (Å²) in [6, 6.07) is 0. The summed E-state index contributed by atoms with van der Waals surface area (Å²) in [5, 5.41) is 8.34. The Hall–Kier alpha value is -1.82. The van der Waals surface area contributed by atoms with Crippen molar-refractivity contribution in [3.8, 4) is 0 Å². The maximum atomic E-state index is 11.0. The molecule has 0 fully saturated rings. The zero-order chi connectivity index (χ0) is 17.7. The fourth-order valence-electron chi connectivity index (χ4n) is 1.37. The number of likely N-dealkylation sites (N-methyl/N-ethyl adjacent to an activating group) is 1. The van der Waals surface area contributed by atoms with Crippen LogP contribution in [-0.2, 0) is 14.3 Å². The molecule has 0 atom stereocenters. The van der Waals surface area contributed by atoms with Crippen LogP contribution < -0.4 is 0 Å². The van der Waals surface area contributed by atoms with Crippen LogP contribution in [0.4, 0.5) is 0 Å². The molecule has 0 aliphatic rings. The number of carboxylic acids is 1. The highest BCUT2D eigenvalue weighted by Crippen LogP contribution is 1.93. The molecule has 0 aromatic heterocycles. The molecule has 0 aromatic carbocycles. The van der Waals surface area contributed by atoms with E-state index in [1.54, 1.807) is 39.0 Å². The van der Waals surface area contributed by atoms with Crippen LogP contribution >= 0.6 is 0 Å². The number of ether oxygens (including phenoxy) is 1. The van der Waals surface area contributed by atoms with Gasteiger partial charge in [0, 0.05) is 38.0 Å². The summed E-state index contributed by atoms with van der Waals surface area (Å²) in [6.45, 7) is 14.1. The van der Waals surface area contributed by atoms with E-state index < -0.39 is 5.97 Å². The highest BCUT2D eigenvalue weighted by Gasteiger charge is 2.04. The molecule has 0 spiro atoms. The zero-order valence-electron chi connectivity index (χ0n) is 14.7. The van der Waals surface area contributed by atoms with Crippen molar-refractivity contribution in [3.05, 3.63) is 23.9 Å². The third kappa shape index (κ3) is 13.2. The Morgan fingerprint density at radius 1 is 1.18 bits per heavy atom. The summed E-state index contributed by atoms with van der Waals surface area (Å²) in [5.41, 5.74) is 0.805. The first-order valence-electron chi connectivity index (χ1n) is 7.28. The Kier molecular flexibility index (Phi) is 13.2. The van der Waals surface area contributed by atoms with Crippen LogP contribution in [0.2, 0.25) is 0 Å². The Balaban J connectivity index is 0. The predicted molar refractivity (Wildman–Crippen MR) is 88.6 cm³/mol. The molecule has 0 aromatic rings. The molecule has 0 bridgehead atoms. The molecule has 0 amide bonds. The summed E-state index contributed by atoms with van der Waals surface area (Å²) >= 11 is 0. The number of carboxylic acid groups (broad SMARTS) is 1. The van der Waals surface area contributed by atoms with Gasteiger partial charge in [-0.3, -0.25) is 0 Å². The van der Waals surface area contributed by atoms with E-state index in [1.807, 2.05) is 0 Å². The van der Waals surface area contributed by atoms with Crippen LogP contribution in [0.15, 0.2) is 23.9 Å². The van der Waals surface area contributed by atoms with Crippen LogP contribution in [0, 0.1) is 0 Å². The van der Waals surface area contributed by atoms with Crippen LogP contribution in [0.25, 0.3) is 0 Å². The number of hydrogen-bond acceptors (Lipinski definition) is 5. The van der Waals surface area contributed by atoms with Crippen molar-refractivity contribution in [2.45, 2.75) is 27.7 Å². The molecule has 22 heavy (non-hydrogen) atoms. The highest BCUT2D eigenvalue weighted by molar-refractivity contribution is 5.86. The lowest BCUT2D eigenvalue weighted by Crippen LogP contribution is -2.27. The van der Waals surface area contributed by atoms with E-state index in [2.05, 4.69) is 25.3 Å². The van der Waals surface area contributed by atoms with Crippen molar-refractivity contribution < 1.29 is 19.4 Å². The van der Waals surface area contributed by atoms with Gasteiger partial charge in [0.2, 0.25) is 0 Å². The van der Waals surface area contributed by atoms with Crippen LogP contribution in [0.5, 0.6) is 0 Å². The van der Waals surface area contributed by atoms with E-state index in [1.165, 1.54) is 0 Å². The van der Waals surface area contributed by atoms with Gasteiger partial charge in [-0.25, -0.2) is 9.59 Å². The fourth-order valence-corrected chi connectivity index (χ4v) is 1.37. The number of nitrogens with zero attached hydrogens (tertiary/aromatic N) is 2. The SMILES string of the molecule is C=C(C)C(=O)OCCN(CC)CC.CC(=CN(C)C)C(=O)O. The lowest BCUT2D eigenvalue weighted by Gasteiger charge is -2.17. The summed E-state index contributed by atoms with van der Waals surface area (Å²) in [6.07, 6.45) is 1.56. The molecular weight excluding hydrogens is 284 g/mol. The van der Waals surface area contributed by atoms with Crippen LogP contribution in [0.1, 0.15) is 27.7 Å². The van der Waals surface area contributed by atoms with Gasteiger partial charge in [-0.2, -0.15) is 0 Å². The molecule has 0 saturated carbocycles. The Morgan fingerprint density at radius 3 is 1.95 bits per heavy atom. The molecule has 128 valence electrons. The van der Waals surface area contributed by atoms with Crippen LogP contribution in [-0.4, -0.2) is 67.2 Å². The van der Waals surface area contributed by atoms with Crippen molar-refractivity contribution in [1.82, 2.24) is 9.80 Å². The van der Waals surface area contributed by atoms with Gasteiger partial charge < -0.3 is 19.6 Å². The highest BCUT2D eigenvalue weighted by atomic mass is 16.5.